The highest BCUT2D eigenvalue weighted by molar-refractivity contribution is 5.82. The van der Waals surface area contributed by atoms with Crippen molar-refractivity contribution < 1.29 is 26.7 Å². The van der Waals surface area contributed by atoms with Gasteiger partial charge in [0.1, 0.15) is 6.54 Å². The molecule has 8 heteroatoms. The second kappa shape index (κ2) is 6.20. The van der Waals surface area contributed by atoms with Gasteiger partial charge in [0, 0.05) is 12.5 Å². The van der Waals surface area contributed by atoms with E-state index in [9.17, 15) is 26.7 Å². The number of benzene rings is 1. The molecule has 2 N–H and O–H groups in total. The number of hydrogen-bond donors (Lipinski definition) is 1. The molecule has 2 rings (SSSR count). The minimum atomic E-state index is -4.58. The molecule has 1 aromatic rings. The van der Waals surface area contributed by atoms with Gasteiger partial charge in [0.25, 0.3) is 0 Å². The van der Waals surface area contributed by atoms with Gasteiger partial charge in [0.15, 0.2) is 11.6 Å². The average molecular weight is 322 g/mol. The molecule has 2 atom stereocenters. The fourth-order valence-corrected chi connectivity index (χ4v) is 2.63. The van der Waals surface area contributed by atoms with Crippen LogP contribution < -0.4 is 5.73 Å². The Hall–Kier alpha value is -1.70. The molecule has 1 saturated heterocycles. The van der Waals surface area contributed by atoms with Crippen LogP contribution in [0.4, 0.5) is 22.0 Å². The lowest BCUT2D eigenvalue weighted by Crippen LogP contribution is -2.46. The van der Waals surface area contributed by atoms with Crippen molar-refractivity contribution in [2.45, 2.75) is 31.0 Å². The van der Waals surface area contributed by atoms with E-state index in [1.807, 2.05) is 0 Å². The molecule has 1 amide bonds. The van der Waals surface area contributed by atoms with Crippen LogP contribution >= 0.6 is 0 Å². The molecule has 1 aliphatic heterocycles. The monoisotopic (exact) mass is 322 g/mol. The minimum absolute atomic E-state index is 0.0333. The second-order valence-electron chi connectivity index (χ2n) is 5.36. The number of likely N-dealkylation sites (tertiary alicyclic amines) is 1. The van der Waals surface area contributed by atoms with Crippen LogP contribution in [0.2, 0.25) is 0 Å². The van der Waals surface area contributed by atoms with Gasteiger partial charge in [0.2, 0.25) is 5.91 Å². The lowest BCUT2D eigenvalue weighted by molar-refractivity contribution is -0.161. The van der Waals surface area contributed by atoms with Crippen LogP contribution in [-0.4, -0.2) is 36.1 Å². The molecule has 0 spiro atoms. The summed E-state index contributed by atoms with van der Waals surface area (Å²) in [5, 5.41) is 0. The van der Waals surface area contributed by atoms with Crippen LogP contribution in [0.5, 0.6) is 0 Å². The van der Waals surface area contributed by atoms with E-state index in [4.69, 9.17) is 5.73 Å². The van der Waals surface area contributed by atoms with Gasteiger partial charge in [0.05, 0.1) is 6.04 Å². The molecule has 122 valence electrons. The third kappa shape index (κ3) is 3.73. The van der Waals surface area contributed by atoms with Crippen LogP contribution in [0.3, 0.4) is 0 Å². The van der Waals surface area contributed by atoms with Crippen LogP contribution in [0.15, 0.2) is 18.2 Å². The van der Waals surface area contributed by atoms with Crippen LogP contribution in [0.25, 0.3) is 0 Å². The minimum Gasteiger partial charge on any atom is -0.332 e. The number of halogens is 5. The van der Waals surface area contributed by atoms with Crippen LogP contribution in [0.1, 0.15) is 24.3 Å². The molecule has 1 aliphatic rings. The van der Waals surface area contributed by atoms with Crippen molar-refractivity contribution in [3.8, 4) is 0 Å². The summed E-state index contributed by atoms with van der Waals surface area (Å²) in [7, 11) is 0. The predicted molar refractivity (Wildman–Crippen MR) is 68.9 cm³/mol. The highest BCUT2D eigenvalue weighted by Gasteiger charge is 2.38. The standard InChI is InChI=1S/C14H15F5N2O/c15-10-3-1-2-9(12(10)16)8-4-5-11(20)13(22)21(6-8)7-14(17,18)19/h1-3,8,11H,4-7,20H2/t8-,11?/m1/s1. The van der Waals surface area contributed by atoms with Crippen molar-refractivity contribution in [1.29, 1.82) is 0 Å². The Kier molecular flexibility index (Phi) is 4.69. The molecule has 3 nitrogen and oxygen atoms in total. The maximum absolute atomic E-state index is 13.8. The quantitative estimate of drug-likeness (QED) is 0.851. The first kappa shape index (κ1) is 16.7. The lowest BCUT2D eigenvalue weighted by atomic mass is 9.93. The number of hydrogen-bond acceptors (Lipinski definition) is 2. The zero-order valence-corrected chi connectivity index (χ0v) is 11.5. The van der Waals surface area contributed by atoms with Crippen molar-refractivity contribution >= 4 is 5.91 Å². The molecular formula is C14H15F5N2O. The predicted octanol–water partition coefficient (Wildman–Crippen LogP) is 2.56. The van der Waals surface area contributed by atoms with Gasteiger partial charge in [-0.2, -0.15) is 13.2 Å². The molecule has 0 saturated carbocycles. The third-order valence-electron chi connectivity index (χ3n) is 3.69. The normalized spacial score (nSPS) is 23.5. The summed E-state index contributed by atoms with van der Waals surface area (Å²) < 4.78 is 64.9. The second-order valence-corrected chi connectivity index (χ2v) is 5.36. The average Bonchev–Trinajstić information content (AvgIpc) is 2.54. The summed E-state index contributed by atoms with van der Waals surface area (Å²) in [5.74, 6) is -3.71. The summed E-state index contributed by atoms with van der Waals surface area (Å²) >= 11 is 0. The number of amides is 1. The first-order valence-corrected chi connectivity index (χ1v) is 6.74. The zero-order valence-electron chi connectivity index (χ0n) is 11.5. The first-order valence-electron chi connectivity index (χ1n) is 6.74. The summed E-state index contributed by atoms with van der Waals surface area (Å²) in [4.78, 5) is 12.5. The van der Waals surface area contributed by atoms with Gasteiger partial charge < -0.3 is 10.6 Å². The number of nitrogens with zero attached hydrogens (tertiary/aromatic N) is 1. The summed E-state index contributed by atoms with van der Waals surface area (Å²) in [6.45, 7) is -1.79. The van der Waals surface area contributed by atoms with E-state index < -0.39 is 42.2 Å². The number of carbonyl (C=O) groups excluding carboxylic acids is 1. The Morgan fingerprint density at radius 2 is 1.91 bits per heavy atom. The topological polar surface area (TPSA) is 46.3 Å². The van der Waals surface area contributed by atoms with Gasteiger partial charge in [-0.25, -0.2) is 8.78 Å². The van der Waals surface area contributed by atoms with Gasteiger partial charge in [-0.15, -0.1) is 0 Å². The van der Waals surface area contributed by atoms with Gasteiger partial charge in [-0.05, 0) is 24.5 Å². The van der Waals surface area contributed by atoms with Crippen molar-refractivity contribution in [3.05, 3.63) is 35.4 Å². The number of alkyl halides is 3. The number of rotatable bonds is 2. The van der Waals surface area contributed by atoms with E-state index in [2.05, 4.69) is 0 Å². The highest BCUT2D eigenvalue weighted by atomic mass is 19.4. The molecule has 0 aliphatic carbocycles. The van der Waals surface area contributed by atoms with E-state index >= 15 is 0 Å². The van der Waals surface area contributed by atoms with E-state index in [1.165, 1.54) is 12.1 Å². The smallest absolute Gasteiger partial charge is 0.332 e. The Labute approximate surface area is 123 Å². The van der Waals surface area contributed by atoms with Crippen molar-refractivity contribution in [2.24, 2.45) is 5.73 Å². The molecule has 1 heterocycles. The lowest BCUT2D eigenvalue weighted by Gasteiger charge is -2.26. The van der Waals surface area contributed by atoms with E-state index in [-0.39, 0.29) is 24.9 Å². The third-order valence-corrected chi connectivity index (χ3v) is 3.69. The summed E-state index contributed by atoms with van der Waals surface area (Å²) in [6, 6.07) is 2.47. The van der Waals surface area contributed by atoms with E-state index in [1.54, 1.807) is 0 Å². The molecule has 0 bridgehead atoms. The SMILES string of the molecule is NC1CC[C@@H](c2cccc(F)c2F)CN(CC(F)(F)F)C1=O. The Balaban J connectivity index is 2.29. The molecule has 1 aromatic carbocycles. The van der Waals surface area contributed by atoms with Gasteiger partial charge in [-0.3, -0.25) is 4.79 Å². The molecule has 22 heavy (non-hydrogen) atoms. The molecule has 1 fully saturated rings. The van der Waals surface area contributed by atoms with Gasteiger partial charge in [-0.1, -0.05) is 12.1 Å². The van der Waals surface area contributed by atoms with Gasteiger partial charge >= 0.3 is 6.18 Å². The van der Waals surface area contributed by atoms with Crippen molar-refractivity contribution in [2.75, 3.05) is 13.1 Å². The maximum Gasteiger partial charge on any atom is 0.406 e. The Bertz CT molecular complexity index is 561. The fourth-order valence-electron chi connectivity index (χ4n) is 2.63. The zero-order chi connectivity index (χ0) is 16.5. The largest absolute Gasteiger partial charge is 0.406 e. The first-order chi connectivity index (χ1) is 10.2. The van der Waals surface area contributed by atoms with Crippen molar-refractivity contribution in [3.63, 3.8) is 0 Å². The van der Waals surface area contributed by atoms with Crippen LogP contribution in [-0.2, 0) is 4.79 Å². The molecule has 1 unspecified atom stereocenters. The maximum atomic E-state index is 13.8. The van der Waals surface area contributed by atoms with Crippen LogP contribution in [0, 0.1) is 11.6 Å². The number of carbonyl (C=O) groups is 1. The Morgan fingerprint density at radius 3 is 2.55 bits per heavy atom. The Morgan fingerprint density at radius 1 is 1.23 bits per heavy atom. The molecule has 0 aromatic heterocycles. The fraction of sp³-hybridized carbons (Fsp3) is 0.500. The summed E-state index contributed by atoms with van der Waals surface area (Å²) in [6.07, 6.45) is -4.25. The number of nitrogens with two attached hydrogens (primary N) is 1. The molecular weight excluding hydrogens is 307 g/mol. The van der Waals surface area contributed by atoms with E-state index in [0.717, 1.165) is 6.07 Å². The van der Waals surface area contributed by atoms with E-state index in [0.29, 0.717) is 4.90 Å². The summed E-state index contributed by atoms with van der Waals surface area (Å²) in [5.41, 5.74) is 5.54. The van der Waals surface area contributed by atoms with Crippen molar-refractivity contribution in [1.82, 2.24) is 4.90 Å². The highest BCUT2D eigenvalue weighted by Crippen LogP contribution is 2.30. The molecule has 0 radical (unpaired) electrons.